The molecule has 3 heteroatoms. The highest BCUT2D eigenvalue weighted by atomic mass is 19.1. The largest absolute Gasteiger partial charge is 0.377 e. The van der Waals surface area contributed by atoms with Crippen molar-refractivity contribution < 1.29 is 14.3 Å². The first kappa shape index (κ1) is 17.5. The van der Waals surface area contributed by atoms with Gasteiger partial charge in [-0.25, -0.2) is 0 Å². The van der Waals surface area contributed by atoms with Gasteiger partial charge in [0.1, 0.15) is 11.4 Å². The number of carbonyl (C=O) groups excluding carboxylic acids is 1. The van der Waals surface area contributed by atoms with Crippen molar-refractivity contribution in [1.82, 2.24) is 0 Å². The molecule has 0 aromatic rings. The van der Waals surface area contributed by atoms with Crippen molar-refractivity contribution in [3.63, 3.8) is 0 Å². The van der Waals surface area contributed by atoms with Crippen molar-refractivity contribution in [3.8, 4) is 12.3 Å². The molecule has 4 fully saturated rings. The summed E-state index contributed by atoms with van der Waals surface area (Å²) >= 11 is 0. The number of rotatable bonds is 2. The minimum atomic E-state index is -1.03. The zero-order valence-corrected chi connectivity index (χ0v) is 15.3. The molecular formula is C22H31FO2. The number of alkyl halides is 1. The number of Topliss-reactive ketones (excluding diaryl/α,β-unsaturated/α-hetero) is 1. The SMILES string of the molecule is C#C[C@]1(O)CCC2C3CC[C@H]4CC(=O)CCC4C3C(CCF)C[C@@]21C. The predicted octanol–water partition coefficient (Wildman–Crippen LogP) is 4.16. The van der Waals surface area contributed by atoms with E-state index < -0.39 is 5.60 Å². The summed E-state index contributed by atoms with van der Waals surface area (Å²) in [5.41, 5.74) is -1.31. The van der Waals surface area contributed by atoms with Crippen molar-refractivity contribution in [3.05, 3.63) is 0 Å². The summed E-state index contributed by atoms with van der Waals surface area (Å²) < 4.78 is 13.4. The van der Waals surface area contributed by atoms with Crippen molar-refractivity contribution in [2.75, 3.05) is 6.67 Å². The van der Waals surface area contributed by atoms with Crippen LogP contribution in [-0.2, 0) is 4.79 Å². The second-order valence-corrected chi connectivity index (χ2v) is 9.53. The van der Waals surface area contributed by atoms with Crippen LogP contribution in [0, 0.1) is 53.3 Å². The summed E-state index contributed by atoms with van der Waals surface area (Å²) in [6.07, 6.45) is 13.6. The standard InChI is InChI=1S/C22H31FO2/c1-3-22(25)10-8-19-18-6-4-14-12-16(24)5-7-17(14)20(18)15(9-11-23)13-21(19,22)2/h1,14-15,17-20,25H,4-13H2,2H3/t14-,15?,17?,18?,19?,20?,21-,22-/m0/s1. The molecule has 0 aromatic heterocycles. The lowest BCUT2D eigenvalue weighted by atomic mass is 9.46. The maximum Gasteiger partial charge on any atom is 0.133 e. The van der Waals surface area contributed by atoms with Crippen LogP contribution in [0.2, 0.25) is 0 Å². The van der Waals surface area contributed by atoms with E-state index in [9.17, 15) is 14.3 Å². The van der Waals surface area contributed by atoms with Gasteiger partial charge in [-0.05, 0) is 80.5 Å². The number of aliphatic hydroxyl groups is 1. The maximum atomic E-state index is 13.4. The molecule has 0 radical (unpaired) electrons. The zero-order valence-electron chi connectivity index (χ0n) is 15.3. The Balaban J connectivity index is 1.69. The second-order valence-electron chi connectivity index (χ2n) is 9.53. The van der Waals surface area contributed by atoms with Gasteiger partial charge in [0.25, 0.3) is 0 Å². The van der Waals surface area contributed by atoms with Crippen molar-refractivity contribution in [1.29, 1.82) is 0 Å². The predicted molar refractivity (Wildman–Crippen MR) is 95.4 cm³/mol. The molecule has 1 N–H and O–H groups in total. The highest BCUT2D eigenvalue weighted by molar-refractivity contribution is 5.79. The van der Waals surface area contributed by atoms with Gasteiger partial charge in [0.2, 0.25) is 0 Å². The fourth-order valence-electron chi connectivity index (χ4n) is 7.65. The number of hydrogen-bond acceptors (Lipinski definition) is 2. The summed E-state index contributed by atoms with van der Waals surface area (Å²) in [4.78, 5) is 11.9. The molecule has 0 bridgehead atoms. The van der Waals surface area contributed by atoms with Gasteiger partial charge in [0, 0.05) is 18.3 Å². The number of carbonyl (C=O) groups is 1. The molecule has 4 aliphatic rings. The van der Waals surface area contributed by atoms with E-state index in [1.165, 1.54) is 0 Å². The summed E-state index contributed by atoms with van der Waals surface area (Å²) in [6, 6.07) is 0. The number of hydrogen-bond donors (Lipinski definition) is 1. The molecule has 4 rings (SSSR count). The average molecular weight is 346 g/mol. The van der Waals surface area contributed by atoms with Crippen LogP contribution in [-0.4, -0.2) is 23.2 Å². The monoisotopic (exact) mass is 346 g/mol. The first-order valence-corrected chi connectivity index (χ1v) is 10.2. The van der Waals surface area contributed by atoms with Crippen LogP contribution in [0.4, 0.5) is 4.39 Å². The van der Waals surface area contributed by atoms with E-state index in [0.717, 1.165) is 38.5 Å². The fourth-order valence-corrected chi connectivity index (χ4v) is 7.65. The van der Waals surface area contributed by atoms with Gasteiger partial charge in [-0.3, -0.25) is 9.18 Å². The van der Waals surface area contributed by atoms with E-state index in [0.29, 0.717) is 60.6 Å². The molecule has 5 unspecified atom stereocenters. The van der Waals surface area contributed by atoms with Crippen LogP contribution >= 0.6 is 0 Å². The molecule has 8 atom stereocenters. The van der Waals surface area contributed by atoms with Crippen LogP contribution in [0.15, 0.2) is 0 Å². The van der Waals surface area contributed by atoms with E-state index in [1.807, 2.05) is 0 Å². The van der Waals surface area contributed by atoms with Crippen molar-refractivity contribution in [2.24, 2.45) is 40.9 Å². The zero-order chi connectivity index (χ0) is 17.8. The maximum absolute atomic E-state index is 13.4. The summed E-state index contributed by atoms with van der Waals surface area (Å²) in [6.45, 7) is 1.88. The van der Waals surface area contributed by atoms with Crippen LogP contribution in [0.5, 0.6) is 0 Å². The van der Waals surface area contributed by atoms with Gasteiger partial charge in [-0.2, -0.15) is 0 Å². The summed E-state index contributed by atoms with van der Waals surface area (Å²) in [5, 5.41) is 11.1. The molecule has 0 saturated heterocycles. The number of fused-ring (bicyclic) bond motifs is 5. The third-order valence-electron chi connectivity index (χ3n) is 8.76. The third kappa shape index (κ3) is 2.43. The van der Waals surface area contributed by atoms with E-state index in [-0.39, 0.29) is 12.1 Å². The van der Waals surface area contributed by atoms with Gasteiger partial charge in [0.15, 0.2) is 0 Å². The van der Waals surface area contributed by atoms with Gasteiger partial charge >= 0.3 is 0 Å². The Hall–Kier alpha value is -0.880. The normalized spacial score (nSPS) is 52.0. The van der Waals surface area contributed by atoms with Gasteiger partial charge < -0.3 is 5.11 Å². The number of terminal acetylenes is 1. The molecule has 138 valence electrons. The summed E-state index contributed by atoms with van der Waals surface area (Å²) in [7, 11) is 0. The van der Waals surface area contributed by atoms with E-state index in [1.54, 1.807) is 0 Å². The Morgan fingerprint density at radius 2 is 2.08 bits per heavy atom. The highest BCUT2D eigenvalue weighted by Crippen LogP contribution is 2.67. The Labute approximate surface area is 151 Å². The first-order valence-electron chi connectivity index (χ1n) is 10.2. The second kappa shape index (κ2) is 6.08. The van der Waals surface area contributed by atoms with E-state index in [4.69, 9.17) is 6.42 Å². The van der Waals surface area contributed by atoms with Crippen LogP contribution in [0.1, 0.15) is 64.7 Å². The van der Waals surface area contributed by atoms with Crippen molar-refractivity contribution in [2.45, 2.75) is 70.3 Å². The Bertz CT molecular complexity index is 595. The highest BCUT2D eigenvalue weighted by Gasteiger charge is 2.64. The van der Waals surface area contributed by atoms with Crippen LogP contribution < -0.4 is 0 Å². The van der Waals surface area contributed by atoms with E-state index in [2.05, 4.69) is 12.8 Å². The average Bonchev–Trinajstić information content (AvgIpc) is 2.86. The number of halogens is 1. The minimum absolute atomic E-state index is 0.278. The molecule has 0 spiro atoms. The lowest BCUT2D eigenvalue weighted by molar-refractivity contribution is -0.142. The lowest BCUT2D eigenvalue weighted by Gasteiger charge is -2.59. The first-order chi connectivity index (χ1) is 11.9. The third-order valence-corrected chi connectivity index (χ3v) is 8.76. The molecule has 4 aliphatic carbocycles. The summed E-state index contributed by atoms with van der Waals surface area (Å²) in [5.74, 6) is 6.06. The molecule has 2 nitrogen and oxygen atoms in total. The molecule has 0 aromatic carbocycles. The smallest absolute Gasteiger partial charge is 0.133 e. The molecule has 0 heterocycles. The van der Waals surface area contributed by atoms with Crippen LogP contribution in [0.25, 0.3) is 0 Å². The van der Waals surface area contributed by atoms with Crippen molar-refractivity contribution >= 4 is 5.78 Å². The topological polar surface area (TPSA) is 37.3 Å². The van der Waals surface area contributed by atoms with Gasteiger partial charge in [0.05, 0.1) is 6.67 Å². The minimum Gasteiger partial charge on any atom is -0.377 e. The van der Waals surface area contributed by atoms with Crippen LogP contribution in [0.3, 0.4) is 0 Å². The Morgan fingerprint density at radius 1 is 1.28 bits per heavy atom. The molecule has 4 saturated carbocycles. The molecule has 25 heavy (non-hydrogen) atoms. The Kier molecular flexibility index (Phi) is 4.27. The van der Waals surface area contributed by atoms with Gasteiger partial charge in [-0.1, -0.05) is 12.8 Å². The molecular weight excluding hydrogens is 315 g/mol. The number of ketones is 1. The van der Waals surface area contributed by atoms with Gasteiger partial charge in [-0.15, -0.1) is 6.42 Å². The fraction of sp³-hybridized carbons (Fsp3) is 0.864. The molecule has 0 aliphatic heterocycles. The van der Waals surface area contributed by atoms with E-state index >= 15 is 0 Å². The lowest BCUT2D eigenvalue weighted by Crippen LogP contribution is -2.56. The molecule has 0 amide bonds. The quantitative estimate of drug-likeness (QED) is 0.763. The Morgan fingerprint density at radius 3 is 2.80 bits per heavy atom.